The number of nitrogen functional groups attached to an aromatic ring is 1. The van der Waals surface area contributed by atoms with Gasteiger partial charge in [0.15, 0.2) is 11.3 Å². The van der Waals surface area contributed by atoms with E-state index in [2.05, 4.69) is 24.9 Å². The Morgan fingerprint density at radius 1 is 1.38 bits per heavy atom. The Hall–Kier alpha value is -4.18. The summed E-state index contributed by atoms with van der Waals surface area (Å²) in [6.07, 6.45) is 5.21. The van der Waals surface area contributed by atoms with Gasteiger partial charge in [0.05, 0.1) is 6.20 Å². The highest BCUT2D eigenvalue weighted by Crippen LogP contribution is 2.40. The number of carbonyl (C=O) groups is 3. The monoisotopic (exact) mass is 614 g/mol. The van der Waals surface area contributed by atoms with Crippen molar-refractivity contribution in [3.63, 3.8) is 0 Å². The number of carboxylic acid groups (broad SMARTS) is 1. The van der Waals surface area contributed by atoms with Crippen LogP contribution >= 0.6 is 23.3 Å². The molecule has 2 atom stereocenters. The lowest BCUT2D eigenvalue weighted by molar-refractivity contribution is -0.579. The predicted octanol–water partition coefficient (Wildman–Crippen LogP) is -1.81. The minimum atomic E-state index is -4.67. The van der Waals surface area contributed by atoms with E-state index in [0.29, 0.717) is 11.3 Å². The number of nitrogens with one attached hydrogen (secondary N) is 1. The number of rotatable bonds is 7. The van der Waals surface area contributed by atoms with Crippen molar-refractivity contribution in [2.45, 2.75) is 18.0 Å². The molecule has 3 aromatic heterocycles. The zero-order valence-electron chi connectivity index (χ0n) is 20.2. The van der Waals surface area contributed by atoms with Gasteiger partial charge in [0.1, 0.15) is 37.0 Å². The molecule has 0 spiro atoms. The van der Waals surface area contributed by atoms with Crippen molar-refractivity contribution in [2.75, 3.05) is 18.6 Å². The van der Waals surface area contributed by atoms with E-state index < -0.39 is 39.6 Å². The molecule has 0 unspecified atom stereocenters. The zero-order chi connectivity index (χ0) is 29.2. The van der Waals surface area contributed by atoms with Crippen LogP contribution in [0.5, 0.6) is 0 Å². The summed E-state index contributed by atoms with van der Waals surface area (Å²) >= 11 is 2.24. The number of aromatic nitrogens is 5. The number of nitrogens with zero attached hydrogens (tertiary/aromatic N) is 7. The molecule has 0 saturated carbocycles. The number of amides is 2. The number of fused-ring (bicyclic) bond motifs is 2. The van der Waals surface area contributed by atoms with Crippen molar-refractivity contribution in [2.24, 2.45) is 5.16 Å². The van der Waals surface area contributed by atoms with Gasteiger partial charge in [-0.05, 0) is 6.07 Å². The molecule has 212 valence electrons. The van der Waals surface area contributed by atoms with Gasteiger partial charge >= 0.3 is 22.0 Å². The van der Waals surface area contributed by atoms with E-state index in [9.17, 15) is 19.5 Å². The Balaban J connectivity index is 0.000000681. The molecule has 0 bridgehead atoms. The average molecular weight is 615 g/mol. The summed E-state index contributed by atoms with van der Waals surface area (Å²) in [6.45, 7) is 0.270. The van der Waals surface area contributed by atoms with Crippen LogP contribution in [0.2, 0.25) is 0 Å². The molecule has 6 N–H and O–H groups in total. The molecule has 2 amide bonds. The van der Waals surface area contributed by atoms with E-state index in [0.717, 1.165) is 17.2 Å². The second-order valence-electron chi connectivity index (χ2n) is 7.90. The summed E-state index contributed by atoms with van der Waals surface area (Å²) in [5, 5.41) is 19.9. The third-order valence-corrected chi connectivity index (χ3v) is 7.27. The number of nitrogens with two attached hydrogens (primary N) is 1. The maximum Gasteiger partial charge on any atom is 0.394 e. The molecule has 21 heteroatoms. The van der Waals surface area contributed by atoms with E-state index in [1.807, 2.05) is 10.6 Å². The van der Waals surface area contributed by atoms with Gasteiger partial charge < -0.3 is 21.0 Å². The van der Waals surface area contributed by atoms with Crippen molar-refractivity contribution < 1.29 is 46.4 Å². The topological polar surface area (TPSA) is 257 Å². The van der Waals surface area contributed by atoms with Gasteiger partial charge in [0, 0.05) is 28.9 Å². The molecular weight excluding hydrogens is 594 g/mol. The number of imidazole rings is 1. The van der Waals surface area contributed by atoms with Gasteiger partial charge in [0.2, 0.25) is 11.5 Å². The first-order valence-corrected chi connectivity index (χ1v) is 14.0. The average Bonchev–Trinajstić information content (AvgIpc) is 3.50. The fraction of sp³-hybridized carbons (Fsp3) is 0.263. The molecule has 2 aliphatic heterocycles. The molecule has 0 radical (unpaired) electrons. The van der Waals surface area contributed by atoms with E-state index in [4.69, 9.17) is 28.1 Å². The molecule has 0 aromatic carbocycles. The fourth-order valence-corrected chi connectivity index (χ4v) is 5.67. The van der Waals surface area contributed by atoms with E-state index in [-0.39, 0.29) is 28.9 Å². The Kier molecular flexibility index (Phi) is 8.29. The molecule has 5 rings (SSSR count). The maximum atomic E-state index is 13.0. The smallest absolute Gasteiger partial charge is 0.394 e. The first-order valence-electron chi connectivity index (χ1n) is 10.8. The van der Waals surface area contributed by atoms with Gasteiger partial charge in [-0.2, -0.15) is 17.8 Å². The summed E-state index contributed by atoms with van der Waals surface area (Å²) < 4.78 is 39.1. The minimum Gasteiger partial charge on any atom is -0.477 e. The minimum absolute atomic E-state index is 0.0357. The van der Waals surface area contributed by atoms with E-state index >= 15 is 0 Å². The lowest BCUT2D eigenvalue weighted by Crippen LogP contribution is -2.71. The van der Waals surface area contributed by atoms with Gasteiger partial charge in [-0.25, -0.2) is 9.36 Å². The zero-order valence-corrected chi connectivity index (χ0v) is 22.6. The highest BCUT2D eigenvalue weighted by atomic mass is 32.3. The van der Waals surface area contributed by atoms with Crippen molar-refractivity contribution in [3.05, 3.63) is 47.8 Å². The van der Waals surface area contributed by atoms with Gasteiger partial charge in [-0.1, -0.05) is 10.3 Å². The number of β-lactam (4-membered cyclic amide) rings is 1. The van der Waals surface area contributed by atoms with Crippen molar-refractivity contribution >= 4 is 68.0 Å². The summed E-state index contributed by atoms with van der Waals surface area (Å²) in [5.41, 5.74) is 6.60. The van der Waals surface area contributed by atoms with Crippen LogP contribution in [0.4, 0.5) is 5.13 Å². The summed E-state index contributed by atoms with van der Waals surface area (Å²) in [5.74, 6) is -2.17. The molecule has 40 heavy (non-hydrogen) atoms. The molecular formula is C19H20N9O9S3+. The molecule has 3 aromatic rings. The standard InChI is InChI=1S/C19H17N9O5S2.H2O4S/c1-33-24-11(14-23-19(20)35-25-14)15(29)22-12-16(30)28-13(18(31)32)9(8-34-17(12)28)7-26-5-6-27-10(26)3-2-4-21-27;1-5(2,3)4/h2-6,12,17H,7-8H2,1H3,(H3-,20,22,23,25,29,31,32);(H2,1,2,3,4)/p+1/b24-11+;/t12-,17-;/m1./s1. The quantitative estimate of drug-likeness (QED) is 0.0646. The predicted molar refractivity (Wildman–Crippen MR) is 137 cm³/mol. The fourth-order valence-electron chi connectivity index (χ4n) is 3.90. The first kappa shape index (κ1) is 28.8. The largest absolute Gasteiger partial charge is 0.477 e. The molecule has 1 saturated heterocycles. The van der Waals surface area contributed by atoms with Crippen molar-refractivity contribution in [1.82, 2.24) is 29.2 Å². The van der Waals surface area contributed by atoms with Crippen LogP contribution in [0.25, 0.3) is 5.65 Å². The third kappa shape index (κ3) is 6.17. The van der Waals surface area contributed by atoms with Crippen LogP contribution in [0.3, 0.4) is 0 Å². The van der Waals surface area contributed by atoms with Crippen LogP contribution in [0, 0.1) is 0 Å². The van der Waals surface area contributed by atoms with Gasteiger partial charge in [0.25, 0.3) is 11.8 Å². The van der Waals surface area contributed by atoms with Crippen LogP contribution in [0.15, 0.2) is 47.1 Å². The lowest BCUT2D eigenvalue weighted by atomic mass is 10.0. The Morgan fingerprint density at radius 2 is 2.10 bits per heavy atom. The van der Waals surface area contributed by atoms with Crippen LogP contribution in [-0.2, 0) is 36.2 Å². The number of oxime groups is 1. The van der Waals surface area contributed by atoms with Crippen molar-refractivity contribution in [1.29, 1.82) is 0 Å². The third-order valence-electron chi connectivity index (χ3n) is 5.39. The van der Waals surface area contributed by atoms with Crippen LogP contribution in [-0.4, -0.2) is 94.3 Å². The van der Waals surface area contributed by atoms with Crippen molar-refractivity contribution in [3.8, 4) is 0 Å². The van der Waals surface area contributed by atoms with Crippen LogP contribution < -0.4 is 15.6 Å². The second kappa shape index (κ2) is 11.5. The number of hydrogen-bond donors (Lipinski definition) is 5. The number of carbonyl (C=O) groups excluding carboxylic acids is 2. The normalized spacial score (nSPS) is 18.9. The van der Waals surface area contributed by atoms with Crippen LogP contribution in [0.1, 0.15) is 5.82 Å². The summed E-state index contributed by atoms with van der Waals surface area (Å²) in [6, 6.07) is 2.69. The molecule has 18 nitrogen and oxygen atoms in total. The Bertz CT molecular complexity index is 1640. The molecule has 2 aliphatic rings. The highest BCUT2D eigenvalue weighted by molar-refractivity contribution is 8.00. The molecule has 0 aliphatic carbocycles. The van der Waals surface area contributed by atoms with Gasteiger partial charge in [-0.15, -0.1) is 16.3 Å². The number of aliphatic carboxylic acids is 1. The van der Waals surface area contributed by atoms with Gasteiger partial charge in [-0.3, -0.25) is 23.6 Å². The number of anilines is 1. The SMILES string of the molecule is CO/N=C(/C(=O)N[C@@H]1C(=O)N2C(C(=O)O)=C(Cn3cc[n+]4ncccc34)CS[C@H]12)c1nsc(N)n1.O=S(=O)(O)O. The summed E-state index contributed by atoms with van der Waals surface area (Å²) in [7, 11) is -3.41. The molecule has 5 heterocycles. The second-order valence-corrected chi connectivity index (χ2v) is 10.7. The molecule has 1 fully saturated rings. The lowest BCUT2D eigenvalue weighted by Gasteiger charge is -2.49. The summed E-state index contributed by atoms with van der Waals surface area (Å²) in [4.78, 5) is 47.8. The first-order chi connectivity index (χ1) is 18.9. The number of carboxylic acids is 1. The Morgan fingerprint density at radius 3 is 2.73 bits per heavy atom. The number of thioether (sulfide) groups is 1. The number of hydrogen-bond acceptors (Lipinski definition) is 13. The highest BCUT2D eigenvalue weighted by Gasteiger charge is 2.54. The Labute approximate surface area is 232 Å². The maximum absolute atomic E-state index is 13.0. The van der Waals surface area contributed by atoms with E-state index in [1.54, 1.807) is 29.2 Å². The van der Waals surface area contributed by atoms with E-state index in [1.165, 1.54) is 23.8 Å².